The standard InChI is InChI=1S/C12H12O2/c1-2-9-11(13)7-8-5-3-4-6-10(8)12(9)14/h3-6,14H,2,7H2,1H3. The van der Waals surface area contributed by atoms with Gasteiger partial charge in [-0.2, -0.15) is 0 Å². The van der Waals surface area contributed by atoms with Gasteiger partial charge < -0.3 is 5.11 Å². The molecule has 2 nitrogen and oxygen atoms in total. The molecule has 0 spiro atoms. The van der Waals surface area contributed by atoms with Gasteiger partial charge in [-0.1, -0.05) is 31.2 Å². The fourth-order valence-corrected chi connectivity index (χ4v) is 1.84. The van der Waals surface area contributed by atoms with Crippen molar-refractivity contribution >= 4 is 11.5 Å². The predicted octanol–water partition coefficient (Wildman–Crippen LogP) is 2.49. The summed E-state index contributed by atoms with van der Waals surface area (Å²) < 4.78 is 0. The molecular weight excluding hydrogens is 176 g/mol. The number of benzene rings is 1. The Morgan fingerprint density at radius 1 is 1.36 bits per heavy atom. The van der Waals surface area contributed by atoms with Gasteiger partial charge in [0, 0.05) is 17.6 Å². The Balaban J connectivity index is 2.61. The second-order valence-electron chi connectivity index (χ2n) is 3.44. The third-order valence-electron chi connectivity index (χ3n) is 2.60. The monoisotopic (exact) mass is 188 g/mol. The maximum atomic E-state index is 11.6. The SMILES string of the molecule is CCC1=C(O)c2ccccc2CC1=O. The van der Waals surface area contributed by atoms with Crippen molar-refractivity contribution in [1.82, 2.24) is 0 Å². The molecule has 1 aromatic rings. The number of hydrogen-bond donors (Lipinski definition) is 1. The molecule has 72 valence electrons. The van der Waals surface area contributed by atoms with Crippen LogP contribution in [0.5, 0.6) is 0 Å². The van der Waals surface area contributed by atoms with E-state index in [2.05, 4.69) is 0 Å². The molecule has 1 aliphatic carbocycles. The van der Waals surface area contributed by atoms with E-state index in [1.165, 1.54) is 0 Å². The van der Waals surface area contributed by atoms with Gasteiger partial charge in [0.1, 0.15) is 5.76 Å². The van der Waals surface area contributed by atoms with Crippen LogP contribution in [-0.4, -0.2) is 10.9 Å². The van der Waals surface area contributed by atoms with Crippen molar-refractivity contribution in [3.63, 3.8) is 0 Å². The minimum absolute atomic E-state index is 0.0451. The van der Waals surface area contributed by atoms with Crippen LogP contribution in [0.2, 0.25) is 0 Å². The molecule has 0 bridgehead atoms. The smallest absolute Gasteiger partial charge is 0.166 e. The maximum Gasteiger partial charge on any atom is 0.166 e. The molecule has 2 heteroatoms. The van der Waals surface area contributed by atoms with Gasteiger partial charge in [-0.05, 0) is 12.0 Å². The van der Waals surface area contributed by atoms with E-state index < -0.39 is 0 Å². The van der Waals surface area contributed by atoms with Crippen molar-refractivity contribution in [2.45, 2.75) is 19.8 Å². The molecule has 0 heterocycles. The molecule has 2 rings (SSSR count). The molecule has 0 atom stereocenters. The summed E-state index contributed by atoms with van der Waals surface area (Å²) in [7, 11) is 0. The minimum atomic E-state index is 0.0451. The van der Waals surface area contributed by atoms with Crippen molar-refractivity contribution in [3.8, 4) is 0 Å². The van der Waals surface area contributed by atoms with Crippen LogP contribution in [0, 0.1) is 0 Å². The highest BCUT2D eigenvalue weighted by atomic mass is 16.3. The zero-order chi connectivity index (χ0) is 10.1. The van der Waals surface area contributed by atoms with E-state index in [1.54, 1.807) is 0 Å². The van der Waals surface area contributed by atoms with E-state index in [-0.39, 0.29) is 11.5 Å². The van der Waals surface area contributed by atoms with Crippen LogP contribution in [0.15, 0.2) is 29.8 Å². The number of carbonyl (C=O) groups excluding carboxylic acids is 1. The first kappa shape index (κ1) is 9.00. The second kappa shape index (κ2) is 3.29. The van der Waals surface area contributed by atoms with Crippen molar-refractivity contribution in [3.05, 3.63) is 41.0 Å². The van der Waals surface area contributed by atoms with Crippen LogP contribution < -0.4 is 0 Å². The Morgan fingerprint density at radius 2 is 2.07 bits per heavy atom. The number of ketones is 1. The number of fused-ring (bicyclic) bond motifs is 1. The first-order chi connectivity index (χ1) is 6.74. The Labute approximate surface area is 82.9 Å². The average molecular weight is 188 g/mol. The zero-order valence-electron chi connectivity index (χ0n) is 8.08. The van der Waals surface area contributed by atoms with Gasteiger partial charge in [0.05, 0.1) is 0 Å². The summed E-state index contributed by atoms with van der Waals surface area (Å²) in [5.41, 5.74) is 2.29. The average Bonchev–Trinajstić information content (AvgIpc) is 2.18. The highest BCUT2D eigenvalue weighted by Crippen LogP contribution is 2.28. The third kappa shape index (κ3) is 1.23. The van der Waals surface area contributed by atoms with Crippen molar-refractivity contribution in [1.29, 1.82) is 0 Å². The van der Waals surface area contributed by atoms with Gasteiger partial charge in [-0.15, -0.1) is 0 Å². The summed E-state index contributed by atoms with van der Waals surface area (Å²) in [4.78, 5) is 11.6. The molecule has 0 saturated carbocycles. The lowest BCUT2D eigenvalue weighted by Crippen LogP contribution is -2.15. The lowest BCUT2D eigenvalue weighted by molar-refractivity contribution is -0.115. The van der Waals surface area contributed by atoms with E-state index in [4.69, 9.17) is 0 Å². The molecule has 0 amide bonds. The first-order valence-corrected chi connectivity index (χ1v) is 4.77. The van der Waals surface area contributed by atoms with Crippen molar-refractivity contribution in [2.24, 2.45) is 0 Å². The molecule has 0 saturated heterocycles. The van der Waals surface area contributed by atoms with E-state index >= 15 is 0 Å². The molecule has 1 aliphatic rings. The van der Waals surface area contributed by atoms with Crippen LogP contribution in [0.1, 0.15) is 24.5 Å². The maximum absolute atomic E-state index is 11.6. The summed E-state index contributed by atoms with van der Waals surface area (Å²) in [6.07, 6.45) is 1.02. The van der Waals surface area contributed by atoms with Gasteiger partial charge in [0.2, 0.25) is 0 Å². The predicted molar refractivity (Wildman–Crippen MR) is 55.0 cm³/mol. The highest BCUT2D eigenvalue weighted by molar-refractivity contribution is 6.05. The molecule has 1 aromatic carbocycles. The number of hydrogen-bond acceptors (Lipinski definition) is 2. The van der Waals surface area contributed by atoms with Gasteiger partial charge in [-0.25, -0.2) is 0 Å². The molecule has 0 aromatic heterocycles. The van der Waals surface area contributed by atoms with Crippen LogP contribution >= 0.6 is 0 Å². The number of aliphatic hydroxyl groups excluding tert-OH is 1. The van der Waals surface area contributed by atoms with Gasteiger partial charge in [0.15, 0.2) is 5.78 Å². The molecular formula is C12H12O2. The largest absolute Gasteiger partial charge is 0.507 e. The molecule has 1 N–H and O–H groups in total. The Kier molecular flexibility index (Phi) is 2.12. The Hall–Kier alpha value is -1.57. The number of rotatable bonds is 1. The van der Waals surface area contributed by atoms with Gasteiger partial charge >= 0.3 is 0 Å². The molecule has 0 fully saturated rings. The van der Waals surface area contributed by atoms with Crippen molar-refractivity contribution < 1.29 is 9.90 Å². The summed E-state index contributed by atoms with van der Waals surface area (Å²) >= 11 is 0. The van der Waals surface area contributed by atoms with Crippen LogP contribution in [0.4, 0.5) is 0 Å². The number of Topliss-reactive ketones (excluding diaryl/α,β-unsaturated/α-hetero) is 1. The number of aliphatic hydroxyl groups is 1. The van der Waals surface area contributed by atoms with Crippen molar-refractivity contribution in [2.75, 3.05) is 0 Å². The van der Waals surface area contributed by atoms with Crippen LogP contribution in [0.3, 0.4) is 0 Å². The summed E-state index contributed by atoms with van der Waals surface area (Å²) in [5.74, 6) is 0.211. The lowest BCUT2D eigenvalue weighted by Gasteiger charge is -2.17. The van der Waals surface area contributed by atoms with E-state index in [1.807, 2.05) is 31.2 Å². The summed E-state index contributed by atoms with van der Waals surface area (Å²) in [6.45, 7) is 1.89. The third-order valence-corrected chi connectivity index (χ3v) is 2.60. The fraction of sp³-hybridized carbons (Fsp3) is 0.250. The topological polar surface area (TPSA) is 37.3 Å². The lowest BCUT2D eigenvalue weighted by atomic mass is 9.88. The Bertz CT molecular complexity index is 416. The van der Waals surface area contributed by atoms with Crippen LogP contribution in [0.25, 0.3) is 5.76 Å². The van der Waals surface area contributed by atoms with Crippen LogP contribution in [-0.2, 0) is 11.2 Å². The van der Waals surface area contributed by atoms with E-state index in [0.29, 0.717) is 18.4 Å². The van der Waals surface area contributed by atoms with Gasteiger partial charge in [-0.3, -0.25) is 4.79 Å². The van der Waals surface area contributed by atoms with E-state index in [0.717, 1.165) is 11.1 Å². The van der Waals surface area contributed by atoms with E-state index in [9.17, 15) is 9.90 Å². The number of allylic oxidation sites excluding steroid dienone is 1. The minimum Gasteiger partial charge on any atom is -0.507 e. The second-order valence-corrected chi connectivity index (χ2v) is 3.44. The molecule has 0 unspecified atom stereocenters. The first-order valence-electron chi connectivity index (χ1n) is 4.77. The normalized spacial score (nSPS) is 15.6. The fourth-order valence-electron chi connectivity index (χ4n) is 1.84. The highest BCUT2D eigenvalue weighted by Gasteiger charge is 2.23. The number of carbonyl (C=O) groups is 1. The summed E-state index contributed by atoms with van der Waals surface area (Å²) in [6, 6.07) is 7.50. The van der Waals surface area contributed by atoms with Gasteiger partial charge in [0.25, 0.3) is 0 Å². The quantitative estimate of drug-likeness (QED) is 0.735. The zero-order valence-corrected chi connectivity index (χ0v) is 8.08. The summed E-state index contributed by atoms with van der Waals surface area (Å²) in [5, 5.41) is 9.85. The molecule has 0 radical (unpaired) electrons. The Morgan fingerprint density at radius 3 is 2.79 bits per heavy atom. The molecule has 14 heavy (non-hydrogen) atoms. The molecule has 0 aliphatic heterocycles.